The lowest BCUT2D eigenvalue weighted by Crippen LogP contribution is -2.22. The zero-order valence-electron chi connectivity index (χ0n) is 28.8. The highest BCUT2D eigenvalue weighted by Gasteiger charge is 2.28. The van der Waals surface area contributed by atoms with E-state index in [1.54, 1.807) is 0 Å². The molecule has 3 aromatic rings. The Morgan fingerprint density at radius 2 is 1.07 bits per heavy atom. The molecule has 0 atom stereocenters. The molecular weight excluding hydrogens is 512 g/mol. The van der Waals surface area contributed by atoms with Crippen LogP contribution in [0.15, 0.2) is 53.5 Å². The molecule has 3 heteroatoms. The third-order valence-corrected chi connectivity index (χ3v) is 8.22. The molecule has 0 spiro atoms. The van der Waals surface area contributed by atoms with Crippen LogP contribution in [0.1, 0.15) is 160 Å². The molecule has 0 fully saturated rings. The van der Waals surface area contributed by atoms with Gasteiger partial charge in [0.1, 0.15) is 11.6 Å². The van der Waals surface area contributed by atoms with Crippen LogP contribution in [0, 0.1) is 0 Å². The number of para-hydroxylation sites is 2. The lowest BCUT2D eigenvalue weighted by molar-refractivity contribution is 0.443. The highest BCUT2D eigenvalue weighted by atomic mass is 16.3. The molecule has 0 saturated heterocycles. The van der Waals surface area contributed by atoms with E-state index in [1.165, 1.54) is 27.8 Å². The van der Waals surface area contributed by atoms with Crippen molar-refractivity contribution in [2.75, 3.05) is 5.32 Å². The molecule has 0 amide bonds. The largest absolute Gasteiger partial charge is 0.507 e. The number of anilines is 1. The molecule has 0 unspecified atom stereocenters. The van der Waals surface area contributed by atoms with Crippen LogP contribution in [0.3, 0.4) is 0 Å². The SMILES string of the molecule is CC(C)c1cccc(C(C)C)c1N=C(Nc1c(C(C)C)cccc1C(C)C)c1cc(C(C)(C)C)cc(C(C)(C)C)c1O. The van der Waals surface area contributed by atoms with Crippen LogP contribution in [0.4, 0.5) is 11.4 Å². The summed E-state index contributed by atoms with van der Waals surface area (Å²) >= 11 is 0. The van der Waals surface area contributed by atoms with Gasteiger partial charge in [0.05, 0.1) is 11.3 Å². The zero-order chi connectivity index (χ0) is 31.7. The van der Waals surface area contributed by atoms with Crippen LogP contribution < -0.4 is 5.32 Å². The summed E-state index contributed by atoms with van der Waals surface area (Å²) in [5, 5.41) is 15.9. The van der Waals surface area contributed by atoms with E-state index in [2.05, 4.69) is 151 Å². The van der Waals surface area contributed by atoms with Crippen molar-refractivity contribution in [1.82, 2.24) is 0 Å². The number of phenolic OH excluding ortho intramolecular Hbond substituents is 1. The molecule has 0 aliphatic rings. The van der Waals surface area contributed by atoms with Crippen LogP contribution in [0.25, 0.3) is 0 Å². The molecule has 0 bridgehead atoms. The van der Waals surface area contributed by atoms with E-state index >= 15 is 0 Å². The summed E-state index contributed by atoms with van der Waals surface area (Å²) in [6, 6.07) is 17.5. The number of benzene rings is 3. The van der Waals surface area contributed by atoms with Crippen molar-refractivity contribution in [2.24, 2.45) is 4.99 Å². The first kappa shape index (κ1) is 33.4. The molecule has 42 heavy (non-hydrogen) atoms. The second kappa shape index (κ2) is 12.7. The van der Waals surface area contributed by atoms with Crippen molar-refractivity contribution in [3.63, 3.8) is 0 Å². The van der Waals surface area contributed by atoms with Gasteiger partial charge in [-0.3, -0.25) is 0 Å². The summed E-state index contributed by atoms with van der Waals surface area (Å²) < 4.78 is 0. The van der Waals surface area contributed by atoms with Gasteiger partial charge in [-0.2, -0.15) is 0 Å². The van der Waals surface area contributed by atoms with Crippen molar-refractivity contribution in [3.8, 4) is 5.75 Å². The molecule has 228 valence electrons. The number of rotatable bonds is 7. The summed E-state index contributed by atoms with van der Waals surface area (Å²) in [6.45, 7) is 31.1. The minimum Gasteiger partial charge on any atom is -0.507 e. The molecule has 0 radical (unpaired) electrons. The predicted molar refractivity (Wildman–Crippen MR) is 185 cm³/mol. The van der Waals surface area contributed by atoms with Crippen molar-refractivity contribution in [2.45, 2.75) is 131 Å². The van der Waals surface area contributed by atoms with Crippen LogP contribution in [0.2, 0.25) is 0 Å². The van der Waals surface area contributed by atoms with E-state index in [4.69, 9.17) is 4.99 Å². The fraction of sp³-hybridized carbons (Fsp3) is 0.513. The number of aromatic hydroxyl groups is 1. The lowest BCUT2D eigenvalue weighted by Gasteiger charge is -2.29. The number of amidine groups is 1. The first-order valence-electron chi connectivity index (χ1n) is 15.8. The Bertz CT molecular complexity index is 1370. The monoisotopic (exact) mass is 568 g/mol. The maximum atomic E-state index is 12.0. The van der Waals surface area contributed by atoms with Crippen molar-refractivity contribution in [3.05, 3.63) is 87.5 Å². The zero-order valence-corrected chi connectivity index (χ0v) is 28.8. The number of hydrogen-bond acceptors (Lipinski definition) is 2. The van der Waals surface area contributed by atoms with Crippen LogP contribution >= 0.6 is 0 Å². The van der Waals surface area contributed by atoms with Crippen molar-refractivity contribution in [1.29, 1.82) is 0 Å². The van der Waals surface area contributed by atoms with E-state index in [1.807, 2.05) is 0 Å². The van der Waals surface area contributed by atoms with E-state index in [9.17, 15) is 5.11 Å². The highest BCUT2D eigenvalue weighted by Crippen LogP contribution is 2.41. The van der Waals surface area contributed by atoms with Gasteiger partial charge in [0.15, 0.2) is 0 Å². The third-order valence-electron chi connectivity index (χ3n) is 8.22. The summed E-state index contributed by atoms with van der Waals surface area (Å²) in [7, 11) is 0. The van der Waals surface area contributed by atoms with E-state index < -0.39 is 0 Å². The van der Waals surface area contributed by atoms with Gasteiger partial charge in [0, 0.05) is 11.3 Å². The second-order valence-electron chi connectivity index (χ2n) is 15.2. The van der Waals surface area contributed by atoms with E-state index in [0.717, 1.165) is 22.5 Å². The molecule has 3 aromatic carbocycles. The molecular formula is C39H56N2O. The van der Waals surface area contributed by atoms with Gasteiger partial charge < -0.3 is 10.4 Å². The molecule has 0 aliphatic heterocycles. The summed E-state index contributed by atoms with van der Waals surface area (Å²) in [6.07, 6.45) is 0. The van der Waals surface area contributed by atoms with Crippen molar-refractivity contribution < 1.29 is 5.11 Å². The first-order chi connectivity index (χ1) is 19.3. The Hall–Kier alpha value is -3.07. The van der Waals surface area contributed by atoms with Gasteiger partial charge in [-0.25, -0.2) is 4.99 Å². The maximum Gasteiger partial charge on any atom is 0.142 e. The molecule has 0 aliphatic carbocycles. The van der Waals surface area contributed by atoms with Gasteiger partial charge in [0.2, 0.25) is 0 Å². The fourth-order valence-corrected chi connectivity index (χ4v) is 5.54. The molecule has 3 rings (SSSR count). The van der Waals surface area contributed by atoms with Crippen LogP contribution in [0.5, 0.6) is 5.75 Å². The average molecular weight is 569 g/mol. The summed E-state index contributed by atoms with van der Waals surface area (Å²) in [5.41, 5.74) is 9.51. The van der Waals surface area contributed by atoms with E-state index in [-0.39, 0.29) is 10.8 Å². The number of aliphatic imine (C=N–C) groups is 1. The highest BCUT2D eigenvalue weighted by molar-refractivity contribution is 6.12. The molecule has 0 heterocycles. The Morgan fingerprint density at radius 3 is 1.45 bits per heavy atom. The van der Waals surface area contributed by atoms with Gasteiger partial charge in [0.25, 0.3) is 0 Å². The van der Waals surface area contributed by atoms with Crippen LogP contribution in [-0.2, 0) is 10.8 Å². The first-order valence-corrected chi connectivity index (χ1v) is 15.8. The molecule has 2 N–H and O–H groups in total. The summed E-state index contributed by atoms with van der Waals surface area (Å²) in [5.74, 6) is 2.23. The average Bonchev–Trinajstić information content (AvgIpc) is 2.86. The Labute approximate surface area is 256 Å². The smallest absolute Gasteiger partial charge is 0.142 e. The number of hydrogen-bond donors (Lipinski definition) is 2. The molecule has 0 saturated carbocycles. The molecule has 3 nitrogen and oxygen atoms in total. The van der Waals surface area contributed by atoms with Crippen LogP contribution in [-0.4, -0.2) is 10.9 Å². The quantitative estimate of drug-likeness (QED) is 0.220. The Balaban J connectivity index is 2.54. The number of nitrogens with zero attached hydrogens (tertiary/aromatic N) is 1. The van der Waals surface area contributed by atoms with Gasteiger partial charge >= 0.3 is 0 Å². The predicted octanol–water partition coefficient (Wildman–Crippen LogP) is 11.7. The molecule has 0 aromatic heterocycles. The maximum absolute atomic E-state index is 12.0. The van der Waals surface area contributed by atoms with E-state index in [0.29, 0.717) is 35.3 Å². The minimum atomic E-state index is -0.247. The lowest BCUT2D eigenvalue weighted by atomic mass is 9.78. The standard InChI is InChI=1S/C39H56N2O/c1-23(2)28-17-15-18-29(24(3)4)34(28)40-37(41-35-30(25(5)6)19-16-20-31(35)26(7)8)32-21-27(38(9,10)11)22-33(36(32)42)39(12,13)14/h15-26,42H,1-14H3,(H,40,41). The summed E-state index contributed by atoms with van der Waals surface area (Å²) in [4.78, 5) is 5.52. The number of nitrogens with one attached hydrogen (secondary N) is 1. The second-order valence-corrected chi connectivity index (χ2v) is 15.2. The topological polar surface area (TPSA) is 44.6 Å². The fourth-order valence-electron chi connectivity index (χ4n) is 5.54. The normalized spacial score (nSPS) is 13.1. The Morgan fingerprint density at radius 1 is 0.643 bits per heavy atom. The third kappa shape index (κ3) is 7.28. The van der Waals surface area contributed by atoms with Crippen molar-refractivity contribution >= 4 is 17.2 Å². The van der Waals surface area contributed by atoms with Gasteiger partial charge in [-0.05, 0) is 68.4 Å². The van der Waals surface area contributed by atoms with Gasteiger partial charge in [-0.1, -0.05) is 139 Å². The van der Waals surface area contributed by atoms with Gasteiger partial charge in [-0.15, -0.1) is 0 Å². The number of phenols is 1. The Kier molecular flexibility index (Phi) is 10.1. The minimum absolute atomic E-state index is 0.106.